The van der Waals surface area contributed by atoms with Gasteiger partial charge in [-0.05, 0) is 33.6 Å². The number of aromatic nitrogens is 2. The summed E-state index contributed by atoms with van der Waals surface area (Å²) in [4.78, 5) is 2.13. The summed E-state index contributed by atoms with van der Waals surface area (Å²) < 4.78 is 5.69. The van der Waals surface area contributed by atoms with Crippen LogP contribution in [0.25, 0.3) is 0 Å². The molecule has 0 aliphatic heterocycles. The predicted octanol–water partition coefficient (Wildman–Crippen LogP) is 2.34. The first kappa shape index (κ1) is 13.3. The van der Waals surface area contributed by atoms with Gasteiger partial charge in [-0.25, -0.2) is 0 Å². The molecule has 1 aromatic rings. The monoisotopic (exact) mass is 252 g/mol. The van der Waals surface area contributed by atoms with Crippen LogP contribution in [0.1, 0.15) is 52.3 Å². The van der Waals surface area contributed by atoms with E-state index in [4.69, 9.17) is 4.42 Å². The number of anilines is 1. The molecule has 0 spiro atoms. The van der Waals surface area contributed by atoms with Gasteiger partial charge in [0.1, 0.15) is 0 Å². The van der Waals surface area contributed by atoms with Gasteiger partial charge in [0.25, 0.3) is 0 Å². The highest BCUT2D eigenvalue weighted by Crippen LogP contribution is 2.26. The zero-order valence-corrected chi connectivity index (χ0v) is 11.9. The Bertz CT molecular complexity index is 377. The molecule has 1 saturated carbocycles. The minimum atomic E-state index is 0.0615. The number of rotatable bonds is 4. The van der Waals surface area contributed by atoms with Crippen LogP contribution in [0.15, 0.2) is 4.42 Å². The molecule has 0 amide bonds. The first-order valence-corrected chi connectivity index (χ1v) is 6.76. The van der Waals surface area contributed by atoms with Crippen molar-refractivity contribution in [2.75, 3.05) is 11.9 Å². The van der Waals surface area contributed by atoms with Crippen LogP contribution in [0, 0.1) is 0 Å². The van der Waals surface area contributed by atoms with E-state index < -0.39 is 0 Å². The van der Waals surface area contributed by atoms with Gasteiger partial charge in [0.2, 0.25) is 5.89 Å². The maximum Gasteiger partial charge on any atom is 0.318 e. The van der Waals surface area contributed by atoms with Crippen LogP contribution in [-0.4, -0.2) is 28.8 Å². The summed E-state index contributed by atoms with van der Waals surface area (Å²) in [7, 11) is 2.05. The fraction of sp³-hybridized carbons (Fsp3) is 0.846. The summed E-state index contributed by atoms with van der Waals surface area (Å²) in [5, 5.41) is 11.6. The Morgan fingerprint density at radius 2 is 1.94 bits per heavy atom. The molecule has 1 aliphatic carbocycles. The third-order valence-corrected chi connectivity index (χ3v) is 3.40. The lowest BCUT2D eigenvalue weighted by Crippen LogP contribution is -2.35. The highest BCUT2D eigenvalue weighted by Gasteiger charge is 2.23. The third-order valence-electron chi connectivity index (χ3n) is 3.40. The van der Waals surface area contributed by atoms with Gasteiger partial charge >= 0.3 is 6.01 Å². The van der Waals surface area contributed by atoms with Crippen LogP contribution in [0.3, 0.4) is 0 Å². The van der Waals surface area contributed by atoms with E-state index >= 15 is 0 Å². The molecule has 5 nitrogen and oxygen atoms in total. The van der Waals surface area contributed by atoms with E-state index in [2.05, 4.69) is 41.2 Å². The van der Waals surface area contributed by atoms with Crippen molar-refractivity contribution in [1.82, 2.24) is 15.5 Å². The maximum atomic E-state index is 5.69. The lowest BCUT2D eigenvalue weighted by atomic mass is 10.1. The third kappa shape index (κ3) is 3.45. The topological polar surface area (TPSA) is 54.2 Å². The molecule has 1 heterocycles. The van der Waals surface area contributed by atoms with Crippen LogP contribution in [0.4, 0.5) is 6.01 Å². The smallest absolute Gasteiger partial charge is 0.318 e. The zero-order valence-electron chi connectivity index (χ0n) is 11.9. The summed E-state index contributed by atoms with van der Waals surface area (Å²) in [5.74, 6) is 0.657. The molecule has 0 bridgehead atoms. The van der Waals surface area contributed by atoms with Crippen LogP contribution in [0.2, 0.25) is 0 Å². The molecular weight excluding hydrogens is 228 g/mol. The molecule has 2 rings (SSSR count). The molecular formula is C13H24N4O. The second kappa shape index (κ2) is 5.26. The average Bonchev–Trinajstić information content (AvgIpc) is 2.96. The normalized spacial score (nSPS) is 17.3. The first-order valence-electron chi connectivity index (χ1n) is 6.76. The van der Waals surface area contributed by atoms with Crippen molar-refractivity contribution in [3.8, 4) is 0 Å². The number of hydrogen-bond acceptors (Lipinski definition) is 5. The summed E-state index contributed by atoms with van der Waals surface area (Å²) >= 11 is 0. The summed E-state index contributed by atoms with van der Waals surface area (Å²) in [5.41, 5.74) is 0.0615. The number of nitrogens with zero attached hydrogens (tertiary/aromatic N) is 3. The molecule has 0 saturated heterocycles. The standard InChI is InChI=1S/C13H24N4O/c1-13(2,3)14-9-11-15-16-12(18-11)17(4)10-7-5-6-8-10/h10,14H,5-9H2,1-4H3. The van der Waals surface area contributed by atoms with Crippen molar-refractivity contribution in [2.45, 2.75) is 64.6 Å². The van der Waals surface area contributed by atoms with Gasteiger partial charge in [-0.3, -0.25) is 0 Å². The number of nitrogens with one attached hydrogen (secondary N) is 1. The van der Waals surface area contributed by atoms with Gasteiger partial charge in [0, 0.05) is 18.6 Å². The van der Waals surface area contributed by atoms with E-state index in [1.165, 1.54) is 25.7 Å². The van der Waals surface area contributed by atoms with Crippen molar-refractivity contribution < 1.29 is 4.42 Å². The average molecular weight is 252 g/mol. The van der Waals surface area contributed by atoms with Gasteiger partial charge in [-0.15, -0.1) is 5.10 Å². The van der Waals surface area contributed by atoms with E-state index in [-0.39, 0.29) is 5.54 Å². The Kier molecular flexibility index (Phi) is 3.90. The molecule has 1 N–H and O–H groups in total. The second-order valence-corrected chi connectivity index (χ2v) is 6.13. The predicted molar refractivity (Wildman–Crippen MR) is 71.5 cm³/mol. The van der Waals surface area contributed by atoms with Crippen molar-refractivity contribution in [3.05, 3.63) is 5.89 Å². The van der Waals surface area contributed by atoms with Gasteiger partial charge < -0.3 is 14.6 Å². The highest BCUT2D eigenvalue weighted by molar-refractivity contribution is 5.25. The van der Waals surface area contributed by atoms with Crippen LogP contribution in [0.5, 0.6) is 0 Å². The Hall–Kier alpha value is -1.10. The van der Waals surface area contributed by atoms with E-state index in [1.54, 1.807) is 0 Å². The lowest BCUT2D eigenvalue weighted by Gasteiger charge is -2.21. The number of hydrogen-bond donors (Lipinski definition) is 1. The quantitative estimate of drug-likeness (QED) is 0.891. The minimum Gasteiger partial charge on any atom is -0.407 e. The van der Waals surface area contributed by atoms with E-state index in [1.807, 2.05) is 7.05 Å². The molecule has 18 heavy (non-hydrogen) atoms. The summed E-state index contributed by atoms with van der Waals surface area (Å²) in [6.07, 6.45) is 5.08. The van der Waals surface area contributed by atoms with Crippen LogP contribution >= 0.6 is 0 Å². The first-order chi connectivity index (χ1) is 8.46. The molecule has 0 aromatic carbocycles. The molecule has 102 valence electrons. The maximum absolute atomic E-state index is 5.69. The Labute approximate surface area is 109 Å². The van der Waals surface area contributed by atoms with Gasteiger partial charge in [0.05, 0.1) is 6.54 Å². The van der Waals surface area contributed by atoms with Crippen molar-refractivity contribution in [2.24, 2.45) is 0 Å². The van der Waals surface area contributed by atoms with Gasteiger partial charge in [-0.2, -0.15) is 0 Å². The molecule has 1 aliphatic rings. The lowest BCUT2D eigenvalue weighted by molar-refractivity contribution is 0.379. The molecule has 0 radical (unpaired) electrons. The Morgan fingerprint density at radius 3 is 2.56 bits per heavy atom. The largest absolute Gasteiger partial charge is 0.407 e. The molecule has 0 unspecified atom stereocenters. The Balaban J connectivity index is 1.92. The SMILES string of the molecule is CN(c1nnc(CNC(C)(C)C)o1)C1CCCC1. The van der Waals surface area contributed by atoms with Gasteiger partial charge in [-0.1, -0.05) is 17.9 Å². The fourth-order valence-corrected chi connectivity index (χ4v) is 2.25. The summed E-state index contributed by atoms with van der Waals surface area (Å²) in [6, 6.07) is 1.21. The molecule has 5 heteroatoms. The fourth-order valence-electron chi connectivity index (χ4n) is 2.25. The van der Waals surface area contributed by atoms with Gasteiger partial charge in [0.15, 0.2) is 0 Å². The van der Waals surface area contributed by atoms with Crippen molar-refractivity contribution >= 4 is 6.01 Å². The minimum absolute atomic E-state index is 0.0615. The van der Waals surface area contributed by atoms with Crippen molar-refractivity contribution in [1.29, 1.82) is 0 Å². The molecule has 1 aromatic heterocycles. The van der Waals surface area contributed by atoms with E-state index in [0.29, 0.717) is 24.5 Å². The molecule has 1 fully saturated rings. The molecule has 0 atom stereocenters. The van der Waals surface area contributed by atoms with E-state index in [0.717, 1.165) is 0 Å². The summed E-state index contributed by atoms with van der Waals surface area (Å²) in [6.45, 7) is 6.98. The highest BCUT2D eigenvalue weighted by atomic mass is 16.4. The second-order valence-electron chi connectivity index (χ2n) is 6.13. The van der Waals surface area contributed by atoms with Crippen LogP contribution in [-0.2, 0) is 6.54 Å². The zero-order chi connectivity index (χ0) is 13.2. The Morgan fingerprint density at radius 1 is 1.28 bits per heavy atom. The van der Waals surface area contributed by atoms with Crippen molar-refractivity contribution in [3.63, 3.8) is 0 Å². The van der Waals surface area contributed by atoms with E-state index in [9.17, 15) is 0 Å². The van der Waals surface area contributed by atoms with Crippen LogP contribution < -0.4 is 10.2 Å².